The van der Waals surface area contributed by atoms with Crippen LogP contribution in [0.4, 0.5) is 0 Å². The predicted molar refractivity (Wildman–Crippen MR) is 73.5 cm³/mol. The third-order valence-electron chi connectivity index (χ3n) is 3.47. The highest BCUT2D eigenvalue weighted by atomic mass is 16.3. The van der Waals surface area contributed by atoms with Crippen molar-refractivity contribution in [1.29, 1.82) is 0 Å². The van der Waals surface area contributed by atoms with Gasteiger partial charge in [0.1, 0.15) is 5.75 Å². The molecule has 0 aromatic heterocycles. The van der Waals surface area contributed by atoms with Crippen molar-refractivity contribution in [2.45, 2.75) is 13.0 Å². The number of phenolic OH excluding ortho intramolecular Hbond substituents is 1. The Bertz CT molecular complexity index is 353. The monoisotopic (exact) mass is 249 g/mol. The quantitative estimate of drug-likeness (QED) is 0.831. The van der Waals surface area contributed by atoms with E-state index in [1.54, 1.807) is 12.1 Å². The van der Waals surface area contributed by atoms with Crippen molar-refractivity contribution >= 4 is 0 Å². The van der Waals surface area contributed by atoms with Crippen molar-refractivity contribution in [2.24, 2.45) is 5.73 Å². The largest absolute Gasteiger partial charge is 0.508 e. The van der Waals surface area contributed by atoms with Crippen LogP contribution in [0.15, 0.2) is 24.3 Å². The van der Waals surface area contributed by atoms with Gasteiger partial charge in [0.15, 0.2) is 0 Å². The Balaban J connectivity index is 1.84. The van der Waals surface area contributed by atoms with E-state index in [1.165, 1.54) is 12.0 Å². The van der Waals surface area contributed by atoms with Gasteiger partial charge >= 0.3 is 0 Å². The molecule has 0 aliphatic carbocycles. The van der Waals surface area contributed by atoms with Gasteiger partial charge in [0, 0.05) is 32.7 Å². The van der Waals surface area contributed by atoms with Crippen LogP contribution < -0.4 is 5.73 Å². The molecule has 2 rings (SSSR count). The lowest BCUT2D eigenvalue weighted by Crippen LogP contribution is -2.33. The van der Waals surface area contributed by atoms with E-state index in [1.807, 2.05) is 12.1 Å². The molecular weight excluding hydrogens is 226 g/mol. The van der Waals surface area contributed by atoms with Crippen molar-refractivity contribution in [3.63, 3.8) is 0 Å². The summed E-state index contributed by atoms with van der Waals surface area (Å²) in [7, 11) is 0. The molecule has 3 N–H and O–H groups in total. The van der Waals surface area contributed by atoms with Crippen molar-refractivity contribution in [1.82, 2.24) is 9.80 Å². The van der Waals surface area contributed by atoms with Crippen LogP contribution in [0.1, 0.15) is 12.0 Å². The first kappa shape index (κ1) is 13.3. The summed E-state index contributed by atoms with van der Waals surface area (Å²) in [5.41, 5.74) is 6.87. The maximum Gasteiger partial charge on any atom is 0.115 e. The number of nitrogens with zero attached hydrogens (tertiary/aromatic N) is 2. The Hall–Kier alpha value is -1.10. The van der Waals surface area contributed by atoms with Crippen LogP contribution in [0, 0.1) is 0 Å². The molecule has 1 heterocycles. The fourth-order valence-electron chi connectivity index (χ4n) is 2.45. The number of hydrogen-bond acceptors (Lipinski definition) is 4. The summed E-state index contributed by atoms with van der Waals surface area (Å²) in [4.78, 5) is 4.92. The van der Waals surface area contributed by atoms with Gasteiger partial charge in [-0.1, -0.05) is 12.1 Å². The van der Waals surface area contributed by atoms with Gasteiger partial charge in [-0.25, -0.2) is 0 Å². The van der Waals surface area contributed by atoms with Gasteiger partial charge in [-0.2, -0.15) is 0 Å². The Morgan fingerprint density at radius 3 is 2.39 bits per heavy atom. The smallest absolute Gasteiger partial charge is 0.115 e. The molecule has 0 radical (unpaired) electrons. The lowest BCUT2D eigenvalue weighted by atomic mass is 10.2. The van der Waals surface area contributed by atoms with E-state index < -0.39 is 0 Å². The number of benzene rings is 1. The van der Waals surface area contributed by atoms with Gasteiger partial charge in [-0.15, -0.1) is 0 Å². The van der Waals surface area contributed by atoms with E-state index in [4.69, 9.17) is 5.73 Å². The number of phenols is 1. The Morgan fingerprint density at radius 2 is 1.67 bits per heavy atom. The zero-order chi connectivity index (χ0) is 12.8. The van der Waals surface area contributed by atoms with Crippen molar-refractivity contribution in [2.75, 3.05) is 39.3 Å². The minimum absolute atomic E-state index is 0.337. The maximum atomic E-state index is 9.27. The summed E-state index contributed by atoms with van der Waals surface area (Å²) in [6.07, 6.45) is 1.21. The SMILES string of the molecule is NCCN1CCCN(Cc2ccc(O)cc2)CC1. The fraction of sp³-hybridized carbons (Fsp3) is 0.571. The minimum atomic E-state index is 0.337. The molecule has 0 bridgehead atoms. The van der Waals surface area contributed by atoms with E-state index in [0.29, 0.717) is 5.75 Å². The van der Waals surface area contributed by atoms with Crippen LogP contribution in [0.5, 0.6) is 5.75 Å². The third-order valence-corrected chi connectivity index (χ3v) is 3.47. The molecule has 1 aliphatic heterocycles. The highest BCUT2D eigenvalue weighted by Crippen LogP contribution is 2.13. The summed E-state index contributed by atoms with van der Waals surface area (Å²) < 4.78 is 0. The van der Waals surface area contributed by atoms with Crippen LogP contribution in [0.3, 0.4) is 0 Å². The van der Waals surface area contributed by atoms with Gasteiger partial charge in [-0.3, -0.25) is 4.90 Å². The molecular formula is C14H23N3O. The molecule has 4 heteroatoms. The average molecular weight is 249 g/mol. The molecule has 0 unspecified atom stereocenters. The second-order valence-electron chi connectivity index (χ2n) is 4.93. The first-order chi connectivity index (χ1) is 8.78. The Morgan fingerprint density at radius 1 is 1.00 bits per heavy atom. The highest BCUT2D eigenvalue weighted by molar-refractivity contribution is 5.25. The zero-order valence-electron chi connectivity index (χ0n) is 10.9. The van der Waals surface area contributed by atoms with Crippen LogP contribution in [-0.2, 0) is 6.54 Å². The van der Waals surface area contributed by atoms with Crippen molar-refractivity contribution in [3.05, 3.63) is 29.8 Å². The van der Waals surface area contributed by atoms with Gasteiger partial charge in [0.05, 0.1) is 0 Å². The summed E-state index contributed by atoms with van der Waals surface area (Å²) in [5, 5.41) is 9.27. The van der Waals surface area contributed by atoms with E-state index in [9.17, 15) is 5.11 Å². The fourth-order valence-corrected chi connectivity index (χ4v) is 2.45. The van der Waals surface area contributed by atoms with E-state index in [0.717, 1.165) is 45.8 Å². The van der Waals surface area contributed by atoms with Crippen LogP contribution in [-0.4, -0.2) is 54.2 Å². The standard InChI is InChI=1S/C14H23N3O/c15-6-9-16-7-1-8-17(11-10-16)12-13-2-4-14(18)5-3-13/h2-5,18H,1,6-12,15H2. The molecule has 1 fully saturated rings. The van der Waals surface area contributed by atoms with Crippen molar-refractivity contribution in [3.8, 4) is 5.75 Å². The maximum absolute atomic E-state index is 9.27. The normalized spacial score (nSPS) is 18.7. The molecule has 0 spiro atoms. The van der Waals surface area contributed by atoms with E-state index in [2.05, 4.69) is 9.80 Å². The molecule has 4 nitrogen and oxygen atoms in total. The molecule has 18 heavy (non-hydrogen) atoms. The molecule has 0 saturated carbocycles. The Kier molecular flexibility index (Phi) is 4.99. The summed E-state index contributed by atoms with van der Waals surface area (Å²) in [6, 6.07) is 7.51. The molecule has 1 aromatic carbocycles. The lowest BCUT2D eigenvalue weighted by molar-refractivity contribution is 0.255. The number of aromatic hydroxyl groups is 1. The molecule has 0 atom stereocenters. The van der Waals surface area contributed by atoms with E-state index >= 15 is 0 Å². The van der Waals surface area contributed by atoms with Crippen LogP contribution >= 0.6 is 0 Å². The molecule has 0 amide bonds. The summed E-state index contributed by atoms with van der Waals surface area (Å²) in [6.45, 7) is 7.23. The van der Waals surface area contributed by atoms with E-state index in [-0.39, 0.29) is 0 Å². The second kappa shape index (κ2) is 6.73. The predicted octanol–water partition coefficient (Wildman–Crippen LogP) is 0.859. The molecule has 1 saturated heterocycles. The average Bonchev–Trinajstić information content (AvgIpc) is 2.59. The summed E-state index contributed by atoms with van der Waals surface area (Å²) >= 11 is 0. The lowest BCUT2D eigenvalue weighted by Gasteiger charge is -2.21. The molecule has 100 valence electrons. The summed E-state index contributed by atoms with van der Waals surface area (Å²) in [5.74, 6) is 0.337. The first-order valence-electron chi connectivity index (χ1n) is 6.70. The van der Waals surface area contributed by atoms with Gasteiger partial charge in [-0.05, 0) is 37.2 Å². The van der Waals surface area contributed by atoms with Gasteiger partial charge in [0.25, 0.3) is 0 Å². The number of hydrogen-bond donors (Lipinski definition) is 2. The first-order valence-corrected chi connectivity index (χ1v) is 6.70. The van der Waals surface area contributed by atoms with Gasteiger partial charge < -0.3 is 15.7 Å². The van der Waals surface area contributed by atoms with Gasteiger partial charge in [0.2, 0.25) is 0 Å². The molecule has 1 aliphatic rings. The third kappa shape index (κ3) is 3.98. The second-order valence-corrected chi connectivity index (χ2v) is 4.93. The number of rotatable bonds is 4. The van der Waals surface area contributed by atoms with Crippen LogP contribution in [0.2, 0.25) is 0 Å². The molecule has 1 aromatic rings. The zero-order valence-corrected chi connectivity index (χ0v) is 10.9. The van der Waals surface area contributed by atoms with Crippen LogP contribution in [0.25, 0.3) is 0 Å². The van der Waals surface area contributed by atoms with Crippen molar-refractivity contribution < 1.29 is 5.11 Å². The number of nitrogens with two attached hydrogens (primary N) is 1. The Labute approximate surface area is 109 Å². The highest BCUT2D eigenvalue weighted by Gasteiger charge is 2.14. The minimum Gasteiger partial charge on any atom is -0.508 e. The topological polar surface area (TPSA) is 52.7 Å².